The van der Waals surface area contributed by atoms with Crippen LogP contribution < -0.4 is 16.4 Å². The zero-order chi connectivity index (χ0) is 13.3. The number of rotatable bonds is 3. The second-order valence-electron chi connectivity index (χ2n) is 4.62. The van der Waals surface area contributed by atoms with Crippen LogP contribution >= 0.6 is 11.3 Å². The zero-order valence-electron chi connectivity index (χ0n) is 10.2. The maximum Gasteiger partial charge on any atom is 0.321 e. The highest BCUT2D eigenvalue weighted by Crippen LogP contribution is 2.45. The summed E-state index contributed by atoms with van der Waals surface area (Å²) >= 11 is 1.40. The number of nitrogen functional groups attached to an aromatic ring is 1. The second-order valence-corrected chi connectivity index (χ2v) is 5.52. The highest BCUT2D eigenvalue weighted by atomic mass is 32.1. The van der Waals surface area contributed by atoms with Crippen molar-refractivity contribution in [2.75, 3.05) is 11.1 Å². The monoisotopic (exact) mass is 274 g/mol. The molecule has 98 valence electrons. The van der Waals surface area contributed by atoms with Gasteiger partial charge >= 0.3 is 6.03 Å². The van der Waals surface area contributed by atoms with Gasteiger partial charge in [0.25, 0.3) is 0 Å². The normalized spacial score (nSPS) is 15.8. The fourth-order valence-corrected chi connectivity index (χ4v) is 2.57. The first kappa shape index (κ1) is 12.0. The lowest BCUT2D eigenvalue weighted by molar-refractivity contribution is 0.247. The molecule has 1 fully saturated rings. The van der Waals surface area contributed by atoms with Gasteiger partial charge in [-0.25, -0.2) is 9.78 Å². The number of carbonyl (C=O) groups excluding carboxylic acids is 1. The van der Waals surface area contributed by atoms with Crippen molar-refractivity contribution in [3.63, 3.8) is 0 Å². The van der Waals surface area contributed by atoms with Crippen LogP contribution in [0, 0.1) is 0 Å². The van der Waals surface area contributed by atoms with Gasteiger partial charge in [-0.1, -0.05) is 12.1 Å². The Bertz CT molecular complexity index is 575. The number of carbonyl (C=O) groups is 1. The molecule has 2 amide bonds. The summed E-state index contributed by atoms with van der Waals surface area (Å²) in [7, 11) is 0. The lowest BCUT2D eigenvalue weighted by Gasteiger charge is -2.18. The van der Waals surface area contributed by atoms with Crippen molar-refractivity contribution in [2.24, 2.45) is 0 Å². The van der Waals surface area contributed by atoms with Crippen LogP contribution in [0.2, 0.25) is 0 Å². The van der Waals surface area contributed by atoms with Crippen molar-refractivity contribution in [1.29, 1.82) is 0 Å². The SMILES string of the molecule is Nc1ccc(C2(NC(=O)Nc3nccs3)CC2)cc1. The van der Waals surface area contributed by atoms with E-state index in [1.54, 1.807) is 6.20 Å². The Morgan fingerprint density at radius 3 is 2.63 bits per heavy atom. The van der Waals surface area contributed by atoms with Crippen LogP contribution in [-0.4, -0.2) is 11.0 Å². The molecule has 1 aromatic heterocycles. The van der Waals surface area contributed by atoms with Crippen molar-refractivity contribution >= 4 is 28.2 Å². The summed E-state index contributed by atoms with van der Waals surface area (Å²) in [4.78, 5) is 15.9. The van der Waals surface area contributed by atoms with Crippen LogP contribution in [0.15, 0.2) is 35.8 Å². The van der Waals surface area contributed by atoms with Crippen LogP contribution in [-0.2, 0) is 5.54 Å². The average Bonchev–Trinajstić information content (AvgIpc) is 2.98. The van der Waals surface area contributed by atoms with Gasteiger partial charge in [0, 0.05) is 17.3 Å². The van der Waals surface area contributed by atoms with E-state index in [0.29, 0.717) is 5.13 Å². The van der Waals surface area contributed by atoms with Crippen molar-refractivity contribution in [3.05, 3.63) is 41.4 Å². The number of thiazole rings is 1. The molecule has 2 aromatic rings. The highest BCUT2D eigenvalue weighted by Gasteiger charge is 2.45. The van der Waals surface area contributed by atoms with Crippen molar-refractivity contribution in [3.8, 4) is 0 Å². The summed E-state index contributed by atoms with van der Waals surface area (Å²) < 4.78 is 0. The first-order chi connectivity index (χ1) is 9.18. The molecule has 0 atom stereocenters. The molecule has 1 saturated carbocycles. The molecule has 1 aromatic carbocycles. The quantitative estimate of drug-likeness (QED) is 0.752. The summed E-state index contributed by atoms with van der Waals surface area (Å²) in [6.45, 7) is 0. The molecule has 5 nitrogen and oxygen atoms in total. The molecule has 3 rings (SSSR count). The van der Waals surface area contributed by atoms with Gasteiger partial charge in [0.1, 0.15) is 0 Å². The Morgan fingerprint density at radius 2 is 2.05 bits per heavy atom. The standard InChI is InChI=1S/C13H14N4OS/c14-10-3-1-9(2-4-10)13(5-6-13)17-11(18)16-12-15-7-8-19-12/h1-4,7-8H,5-6,14H2,(H2,15,16,17,18). The van der Waals surface area contributed by atoms with Crippen molar-refractivity contribution in [2.45, 2.75) is 18.4 Å². The van der Waals surface area contributed by atoms with E-state index in [4.69, 9.17) is 5.73 Å². The van der Waals surface area contributed by atoms with E-state index in [2.05, 4.69) is 15.6 Å². The molecule has 1 aliphatic rings. The van der Waals surface area contributed by atoms with E-state index >= 15 is 0 Å². The van der Waals surface area contributed by atoms with Crippen molar-refractivity contribution < 1.29 is 4.79 Å². The fraction of sp³-hybridized carbons (Fsp3) is 0.231. The lowest BCUT2D eigenvalue weighted by Crippen LogP contribution is -2.38. The van der Waals surface area contributed by atoms with Gasteiger partial charge in [0.15, 0.2) is 5.13 Å². The van der Waals surface area contributed by atoms with Crippen LogP contribution in [0.5, 0.6) is 0 Å². The summed E-state index contributed by atoms with van der Waals surface area (Å²) in [6.07, 6.45) is 3.55. The molecule has 0 unspecified atom stereocenters. The van der Waals surface area contributed by atoms with E-state index in [1.807, 2.05) is 29.6 Å². The fourth-order valence-electron chi connectivity index (χ4n) is 2.04. The number of benzene rings is 1. The number of amides is 2. The van der Waals surface area contributed by atoms with E-state index in [0.717, 1.165) is 24.1 Å². The maximum atomic E-state index is 11.9. The van der Waals surface area contributed by atoms with Crippen molar-refractivity contribution in [1.82, 2.24) is 10.3 Å². The van der Waals surface area contributed by atoms with Crippen LogP contribution in [0.25, 0.3) is 0 Å². The molecular weight excluding hydrogens is 260 g/mol. The number of hydrogen-bond donors (Lipinski definition) is 3. The number of anilines is 2. The summed E-state index contributed by atoms with van der Waals surface area (Å²) in [5.41, 5.74) is 7.26. The molecule has 1 heterocycles. The number of urea groups is 1. The summed E-state index contributed by atoms with van der Waals surface area (Å²) in [6, 6.07) is 7.42. The largest absolute Gasteiger partial charge is 0.399 e. The summed E-state index contributed by atoms with van der Waals surface area (Å²) in [5, 5.41) is 8.17. The van der Waals surface area contributed by atoms with E-state index in [9.17, 15) is 4.79 Å². The van der Waals surface area contributed by atoms with Gasteiger partial charge in [-0.15, -0.1) is 11.3 Å². The molecule has 6 heteroatoms. The molecular formula is C13H14N4OS. The smallest absolute Gasteiger partial charge is 0.321 e. The Balaban J connectivity index is 1.68. The maximum absolute atomic E-state index is 11.9. The Kier molecular flexibility index (Phi) is 2.87. The van der Waals surface area contributed by atoms with Crippen LogP contribution in [0.3, 0.4) is 0 Å². The number of aromatic nitrogens is 1. The third-order valence-electron chi connectivity index (χ3n) is 3.22. The van der Waals surface area contributed by atoms with Gasteiger partial charge in [-0.05, 0) is 30.5 Å². The molecule has 0 saturated heterocycles. The lowest BCUT2D eigenvalue weighted by atomic mass is 10.0. The first-order valence-electron chi connectivity index (χ1n) is 6.03. The molecule has 0 spiro atoms. The summed E-state index contributed by atoms with van der Waals surface area (Å²) in [5.74, 6) is 0. The highest BCUT2D eigenvalue weighted by molar-refractivity contribution is 7.13. The number of nitrogens with zero attached hydrogens (tertiary/aromatic N) is 1. The minimum atomic E-state index is -0.241. The molecule has 1 aliphatic carbocycles. The molecule has 0 aliphatic heterocycles. The third-order valence-corrected chi connectivity index (χ3v) is 3.91. The zero-order valence-corrected chi connectivity index (χ0v) is 11.0. The first-order valence-corrected chi connectivity index (χ1v) is 6.91. The average molecular weight is 274 g/mol. The topological polar surface area (TPSA) is 80.0 Å². The van der Waals surface area contributed by atoms with E-state index < -0.39 is 0 Å². The Hall–Kier alpha value is -2.08. The van der Waals surface area contributed by atoms with Gasteiger partial charge in [-0.2, -0.15) is 0 Å². The third kappa shape index (κ3) is 2.53. The van der Waals surface area contributed by atoms with Crippen LogP contribution in [0.1, 0.15) is 18.4 Å². The number of nitrogens with one attached hydrogen (secondary N) is 2. The van der Waals surface area contributed by atoms with Crippen LogP contribution in [0.4, 0.5) is 15.6 Å². The van der Waals surface area contributed by atoms with Gasteiger partial charge in [0.2, 0.25) is 0 Å². The predicted octanol–water partition coefficient (Wildman–Crippen LogP) is 2.54. The Morgan fingerprint density at radius 1 is 1.32 bits per heavy atom. The van der Waals surface area contributed by atoms with E-state index in [1.165, 1.54) is 11.3 Å². The number of hydrogen-bond acceptors (Lipinski definition) is 4. The van der Waals surface area contributed by atoms with E-state index in [-0.39, 0.29) is 11.6 Å². The number of nitrogens with two attached hydrogens (primary N) is 1. The molecule has 19 heavy (non-hydrogen) atoms. The molecule has 0 radical (unpaired) electrons. The van der Waals surface area contributed by atoms with Gasteiger partial charge < -0.3 is 11.1 Å². The Labute approximate surface area is 114 Å². The van der Waals surface area contributed by atoms with Gasteiger partial charge in [-0.3, -0.25) is 5.32 Å². The molecule has 0 bridgehead atoms. The second kappa shape index (κ2) is 4.55. The van der Waals surface area contributed by atoms with Gasteiger partial charge in [0.05, 0.1) is 5.54 Å². The predicted molar refractivity (Wildman–Crippen MR) is 76.0 cm³/mol. The minimum Gasteiger partial charge on any atom is -0.399 e. The minimum absolute atomic E-state index is 0.218. The molecule has 4 N–H and O–H groups in total.